The predicted octanol–water partition coefficient (Wildman–Crippen LogP) is 3.74. The van der Waals surface area contributed by atoms with Crippen molar-refractivity contribution in [3.8, 4) is 0 Å². The smallest absolute Gasteiger partial charge is 0.423 e. The van der Waals surface area contributed by atoms with Crippen LogP contribution < -0.4 is 0 Å². The van der Waals surface area contributed by atoms with Crippen LogP contribution in [0.2, 0.25) is 6.04 Å². The van der Waals surface area contributed by atoms with E-state index in [1.807, 2.05) is 13.2 Å². The van der Waals surface area contributed by atoms with Gasteiger partial charge in [0.1, 0.15) is 0 Å². The first-order chi connectivity index (χ1) is 16.1. The molecule has 0 N–H and O–H groups in total. The highest BCUT2D eigenvalue weighted by Crippen LogP contribution is 2.11. The summed E-state index contributed by atoms with van der Waals surface area (Å²) in [5, 5.41) is 0. The van der Waals surface area contributed by atoms with Gasteiger partial charge in [-0.3, -0.25) is 0 Å². The van der Waals surface area contributed by atoms with Crippen molar-refractivity contribution in [1.29, 1.82) is 0 Å². The average molecular weight is 501 g/mol. The fourth-order valence-corrected chi connectivity index (χ4v) is 6.58. The first-order valence-electron chi connectivity index (χ1n) is 11.3. The Hall–Kier alpha value is -1.15. The van der Waals surface area contributed by atoms with Gasteiger partial charge in [0.15, 0.2) is 9.04 Å². The number of methoxy groups -OCH3 is 3. The first kappa shape index (κ1) is 31.9. The van der Waals surface area contributed by atoms with Crippen LogP contribution in [0.25, 0.3) is 0 Å². The van der Waals surface area contributed by atoms with Gasteiger partial charge in [0.25, 0.3) is 0 Å². The molecular weight excluding hydrogens is 456 g/mol. The Kier molecular flexibility index (Phi) is 21.9. The van der Waals surface area contributed by atoms with Gasteiger partial charge in [-0.15, -0.1) is 6.58 Å². The third-order valence-electron chi connectivity index (χ3n) is 4.60. The number of hydrogen-bond donors (Lipinski definition) is 0. The minimum absolute atomic E-state index is 0.398. The second-order valence-electron chi connectivity index (χ2n) is 7.10. The SMILES string of the molecule is C=CCCC[SiH](Cc1ccccc1)OC.C=C[Si](OCCOC)(OCCOC)OCCOC. The molecule has 1 aromatic rings. The van der Waals surface area contributed by atoms with Crippen LogP contribution in [0.4, 0.5) is 0 Å². The molecular formula is C24H44O7Si2. The van der Waals surface area contributed by atoms with Gasteiger partial charge in [0.05, 0.1) is 39.6 Å². The molecule has 0 bridgehead atoms. The van der Waals surface area contributed by atoms with Crippen LogP contribution in [0.15, 0.2) is 55.3 Å². The lowest BCUT2D eigenvalue weighted by Crippen LogP contribution is -2.46. The molecule has 0 spiro atoms. The summed E-state index contributed by atoms with van der Waals surface area (Å²) in [4.78, 5) is 0. The van der Waals surface area contributed by atoms with E-state index in [1.165, 1.54) is 18.0 Å². The molecule has 0 heterocycles. The summed E-state index contributed by atoms with van der Waals surface area (Å²) in [6.07, 6.45) is 4.33. The zero-order chi connectivity index (χ0) is 24.6. The summed E-state index contributed by atoms with van der Waals surface area (Å²) < 4.78 is 37.4. The van der Waals surface area contributed by atoms with Gasteiger partial charge in [-0.25, -0.2) is 0 Å². The predicted molar refractivity (Wildman–Crippen MR) is 138 cm³/mol. The van der Waals surface area contributed by atoms with E-state index in [1.54, 1.807) is 27.0 Å². The summed E-state index contributed by atoms with van der Waals surface area (Å²) in [5.74, 6) is 0. The van der Waals surface area contributed by atoms with Gasteiger partial charge in [-0.1, -0.05) is 49.4 Å². The molecule has 0 fully saturated rings. The molecule has 0 aliphatic carbocycles. The normalized spacial score (nSPS) is 12.0. The van der Waals surface area contributed by atoms with Crippen molar-refractivity contribution >= 4 is 17.8 Å². The van der Waals surface area contributed by atoms with Crippen molar-refractivity contribution in [2.75, 3.05) is 68.1 Å². The van der Waals surface area contributed by atoms with Crippen molar-refractivity contribution in [2.45, 2.75) is 24.9 Å². The summed E-state index contributed by atoms with van der Waals surface area (Å²) in [6, 6.07) is 13.0. The number of ether oxygens (including phenoxy) is 3. The first-order valence-corrected chi connectivity index (χ1v) is 15.2. The highest BCUT2D eigenvalue weighted by Gasteiger charge is 2.37. The molecule has 0 aliphatic heterocycles. The van der Waals surface area contributed by atoms with Gasteiger partial charge >= 0.3 is 8.80 Å². The number of benzene rings is 1. The maximum absolute atomic E-state index is 5.65. The van der Waals surface area contributed by atoms with Crippen molar-refractivity contribution in [1.82, 2.24) is 0 Å². The zero-order valence-corrected chi connectivity index (χ0v) is 23.1. The zero-order valence-electron chi connectivity index (χ0n) is 21.0. The minimum atomic E-state index is -2.86. The van der Waals surface area contributed by atoms with Crippen LogP contribution in [0.1, 0.15) is 18.4 Å². The molecule has 0 amide bonds. The standard InChI is InChI=1S/C13H20OSi.C11H24O6Si/c1-3-4-8-11-15(14-2)12-13-9-6-5-7-10-13;1-5-18(15-9-6-12-2,16-10-7-13-3)17-11-8-14-4/h3,5-7,9-10,15H,1,4,8,11-12H2,2H3;5H,1,6-11H2,2-4H3. The Morgan fingerprint density at radius 2 is 1.30 bits per heavy atom. The van der Waals surface area contributed by atoms with Crippen molar-refractivity contribution in [3.63, 3.8) is 0 Å². The molecule has 0 radical (unpaired) electrons. The second kappa shape index (κ2) is 22.6. The lowest BCUT2D eigenvalue weighted by atomic mass is 10.2. The van der Waals surface area contributed by atoms with Crippen molar-refractivity contribution < 1.29 is 31.9 Å². The van der Waals surface area contributed by atoms with Gasteiger partial charge in [0.2, 0.25) is 0 Å². The van der Waals surface area contributed by atoms with Crippen LogP contribution in [-0.2, 0) is 38.0 Å². The van der Waals surface area contributed by atoms with E-state index in [-0.39, 0.29) is 0 Å². The van der Waals surface area contributed by atoms with Crippen molar-refractivity contribution in [2.24, 2.45) is 0 Å². The quantitative estimate of drug-likeness (QED) is 0.153. The molecule has 9 heteroatoms. The molecule has 0 saturated heterocycles. The molecule has 0 aromatic heterocycles. The number of unbranched alkanes of at least 4 members (excludes halogenated alkanes) is 1. The fraction of sp³-hybridized carbons (Fsp3) is 0.583. The minimum Gasteiger partial charge on any atom is -0.423 e. The molecule has 190 valence electrons. The average Bonchev–Trinajstić information content (AvgIpc) is 2.84. The maximum atomic E-state index is 5.65. The topological polar surface area (TPSA) is 64.6 Å². The number of rotatable bonds is 20. The van der Waals surface area contributed by atoms with Crippen LogP contribution in [0, 0.1) is 0 Å². The lowest BCUT2D eigenvalue weighted by Gasteiger charge is -2.26. The van der Waals surface area contributed by atoms with Gasteiger partial charge in [0, 0.05) is 28.4 Å². The van der Waals surface area contributed by atoms with E-state index in [2.05, 4.69) is 43.5 Å². The molecule has 1 unspecified atom stereocenters. The Morgan fingerprint density at radius 1 is 0.788 bits per heavy atom. The third kappa shape index (κ3) is 17.0. The summed E-state index contributed by atoms with van der Waals surface area (Å²) in [6.45, 7) is 10.1. The Morgan fingerprint density at radius 3 is 1.70 bits per heavy atom. The molecule has 1 rings (SSSR count). The van der Waals surface area contributed by atoms with E-state index >= 15 is 0 Å². The fourth-order valence-electron chi connectivity index (χ4n) is 2.77. The largest absolute Gasteiger partial charge is 0.529 e. The molecule has 33 heavy (non-hydrogen) atoms. The van der Waals surface area contributed by atoms with Crippen LogP contribution in [-0.4, -0.2) is 85.9 Å². The van der Waals surface area contributed by atoms with Crippen molar-refractivity contribution in [3.05, 3.63) is 60.8 Å². The van der Waals surface area contributed by atoms with Crippen LogP contribution >= 0.6 is 0 Å². The van der Waals surface area contributed by atoms with E-state index in [0.29, 0.717) is 39.6 Å². The highest BCUT2D eigenvalue weighted by atomic mass is 28.4. The Bertz CT molecular complexity index is 549. The summed E-state index contributed by atoms with van der Waals surface area (Å²) in [7, 11) is 2.81. The molecule has 0 saturated carbocycles. The van der Waals surface area contributed by atoms with E-state index in [4.69, 9.17) is 31.9 Å². The van der Waals surface area contributed by atoms with E-state index in [9.17, 15) is 0 Å². The molecule has 7 nitrogen and oxygen atoms in total. The highest BCUT2D eigenvalue weighted by molar-refractivity contribution is 6.66. The Labute approximate surface area is 203 Å². The third-order valence-corrected chi connectivity index (χ3v) is 9.56. The van der Waals surface area contributed by atoms with Gasteiger partial charge < -0.3 is 31.9 Å². The lowest BCUT2D eigenvalue weighted by molar-refractivity contribution is 0.0232. The van der Waals surface area contributed by atoms with E-state index < -0.39 is 17.8 Å². The van der Waals surface area contributed by atoms with Gasteiger partial charge in [-0.2, -0.15) is 0 Å². The number of hydrogen-bond acceptors (Lipinski definition) is 7. The van der Waals surface area contributed by atoms with Gasteiger partial charge in [-0.05, 0) is 29.8 Å². The molecule has 0 aliphatic rings. The number of allylic oxidation sites excluding steroid dienone is 1. The van der Waals surface area contributed by atoms with Crippen LogP contribution in [0.5, 0.6) is 0 Å². The van der Waals surface area contributed by atoms with E-state index in [0.717, 1.165) is 12.5 Å². The molecule has 1 atom stereocenters. The summed E-state index contributed by atoms with van der Waals surface area (Å²) >= 11 is 0. The monoisotopic (exact) mass is 500 g/mol. The Balaban J connectivity index is 0.000000629. The second-order valence-corrected chi connectivity index (χ2v) is 12.3. The summed E-state index contributed by atoms with van der Waals surface area (Å²) in [5.41, 5.74) is 3.02. The maximum Gasteiger partial charge on any atom is 0.529 e. The van der Waals surface area contributed by atoms with Crippen LogP contribution in [0.3, 0.4) is 0 Å². The molecule has 1 aromatic carbocycles.